The van der Waals surface area contributed by atoms with Gasteiger partial charge in [-0.05, 0) is 38.5 Å². The van der Waals surface area contributed by atoms with Crippen LogP contribution in [0.5, 0.6) is 0 Å². The van der Waals surface area contributed by atoms with Gasteiger partial charge in [-0.1, -0.05) is 302 Å². The number of hydrogen-bond acceptors (Lipinski definition) is 4. The van der Waals surface area contributed by atoms with Gasteiger partial charge in [-0.3, -0.25) is 4.79 Å². The average molecular weight is 905 g/mol. The zero-order valence-electron chi connectivity index (χ0n) is 43.7. The van der Waals surface area contributed by atoms with Crippen LogP contribution in [0.3, 0.4) is 0 Å². The molecule has 3 unspecified atom stereocenters. The molecule has 0 saturated carbocycles. The van der Waals surface area contributed by atoms with Gasteiger partial charge in [0.2, 0.25) is 5.91 Å². The van der Waals surface area contributed by atoms with Gasteiger partial charge in [0.15, 0.2) is 0 Å². The summed E-state index contributed by atoms with van der Waals surface area (Å²) in [6.45, 7) is 4.31. The second-order valence-electron chi connectivity index (χ2n) is 20.6. The van der Waals surface area contributed by atoms with E-state index in [1.807, 2.05) is 0 Å². The third kappa shape index (κ3) is 50.5. The molecule has 5 nitrogen and oxygen atoms in total. The summed E-state index contributed by atoms with van der Waals surface area (Å²) in [5.41, 5.74) is 0. The smallest absolute Gasteiger partial charge is 0.222 e. The van der Waals surface area contributed by atoms with Gasteiger partial charge in [-0.15, -0.1) is 0 Å². The molecule has 0 aliphatic rings. The van der Waals surface area contributed by atoms with Crippen molar-refractivity contribution in [1.82, 2.24) is 5.32 Å². The summed E-state index contributed by atoms with van der Waals surface area (Å²) in [6.07, 6.45) is 68.1. The Morgan fingerprint density at radius 3 is 0.906 bits per heavy atom. The van der Waals surface area contributed by atoms with E-state index in [0.717, 1.165) is 25.7 Å². The minimum absolute atomic E-state index is 0.0401. The molecule has 0 aliphatic carbocycles. The van der Waals surface area contributed by atoms with E-state index in [1.165, 1.54) is 276 Å². The molecular formula is C59H117NO4. The first-order valence-corrected chi connectivity index (χ1v) is 29.5. The van der Waals surface area contributed by atoms with Crippen LogP contribution in [0.2, 0.25) is 0 Å². The monoisotopic (exact) mass is 904 g/mol. The Balaban J connectivity index is 3.50. The van der Waals surface area contributed by atoms with Crippen molar-refractivity contribution in [3.05, 3.63) is 12.2 Å². The van der Waals surface area contributed by atoms with Crippen LogP contribution in [0.15, 0.2) is 12.2 Å². The molecule has 0 fully saturated rings. The van der Waals surface area contributed by atoms with Crippen molar-refractivity contribution in [2.75, 3.05) is 6.61 Å². The van der Waals surface area contributed by atoms with E-state index in [0.29, 0.717) is 12.8 Å². The highest BCUT2D eigenvalue weighted by Crippen LogP contribution is 2.18. The molecule has 0 aromatic rings. The number of unbranched alkanes of at least 4 members (excludes halogenated alkanes) is 44. The second-order valence-corrected chi connectivity index (χ2v) is 20.6. The van der Waals surface area contributed by atoms with Crippen molar-refractivity contribution in [3.8, 4) is 0 Å². The lowest BCUT2D eigenvalue weighted by Gasteiger charge is -2.23. The van der Waals surface area contributed by atoms with Gasteiger partial charge < -0.3 is 20.6 Å². The minimum atomic E-state index is -0.748. The zero-order chi connectivity index (χ0) is 46.5. The first-order valence-electron chi connectivity index (χ1n) is 29.5. The normalized spacial score (nSPS) is 13.3. The molecule has 0 heterocycles. The largest absolute Gasteiger partial charge is 0.394 e. The summed E-state index contributed by atoms with van der Waals surface area (Å²) in [5, 5.41) is 33.7. The molecule has 0 bridgehead atoms. The predicted octanol–water partition coefficient (Wildman–Crippen LogP) is 18.3. The van der Waals surface area contributed by atoms with E-state index in [-0.39, 0.29) is 18.9 Å². The molecule has 0 radical (unpaired) electrons. The Labute approximate surface area is 401 Å². The fraction of sp³-hybridized carbons (Fsp3) is 0.949. The van der Waals surface area contributed by atoms with E-state index >= 15 is 0 Å². The van der Waals surface area contributed by atoms with Crippen molar-refractivity contribution in [1.29, 1.82) is 0 Å². The van der Waals surface area contributed by atoms with Gasteiger partial charge in [0.25, 0.3) is 0 Å². The van der Waals surface area contributed by atoms with Crippen molar-refractivity contribution in [3.63, 3.8) is 0 Å². The van der Waals surface area contributed by atoms with Crippen molar-refractivity contribution in [2.24, 2.45) is 0 Å². The Morgan fingerprint density at radius 1 is 0.375 bits per heavy atom. The molecule has 5 heteroatoms. The van der Waals surface area contributed by atoms with E-state index in [4.69, 9.17) is 0 Å². The molecule has 64 heavy (non-hydrogen) atoms. The third-order valence-corrected chi connectivity index (χ3v) is 14.1. The third-order valence-electron chi connectivity index (χ3n) is 14.1. The molecule has 0 rings (SSSR count). The van der Waals surface area contributed by atoms with Crippen LogP contribution in [-0.2, 0) is 4.79 Å². The number of carbonyl (C=O) groups excluding carboxylic acids is 1. The number of carbonyl (C=O) groups is 1. The minimum Gasteiger partial charge on any atom is -0.394 e. The summed E-state index contributed by atoms with van der Waals surface area (Å²) in [7, 11) is 0. The molecule has 382 valence electrons. The van der Waals surface area contributed by atoms with E-state index in [2.05, 4.69) is 31.3 Å². The number of nitrogens with one attached hydrogen (secondary N) is 1. The molecule has 0 aromatic carbocycles. The van der Waals surface area contributed by atoms with Gasteiger partial charge in [0, 0.05) is 0 Å². The number of allylic oxidation sites excluding steroid dienone is 2. The maximum Gasteiger partial charge on any atom is 0.222 e. The molecule has 0 spiro atoms. The standard InChI is InChI=1S/C59H117NO4/c1-3-5-7-9-11-13-15-17-19-21-23-25-27-28-29-30-31-32-34-36-38-40-42-44-46-48-50-52-56(62)54-59(64)60-57(55-61)58(63)53-51-49-47-45-43-41-39-37-35-33-26-24-22-20-18-16-14-12-10-8-6-4-2/h28-29,56-58,61-63H,3-27,30-55H2,1-2H3,(H,60,64)/b29-28-. The number of amides is 1. The molecule has 0 aliphatic heterocycles. The highest BCUT2D eigenvalue weighted by Gasteiger charge is 2.21. The lowest BCUT2D eigenvalue weighted by molar-refractivity contribution is -0.125. The van der Waals surface area contributed by atoms with Crippen molar-refractivity contribution < 1.29 is 20.1 Å². The van der Waals surface area contributed by atoms with E-state index in [1.54, 1.807) is 0 Å². The zero-order valence-corrected chi connectivity index (χ0v) is 43.7. The van der Waals surface area contributed by atoms with Crippen molar-refractivity contribution >= 4 is 5.91 Å². The predicted molar refractivity (Wildman–Crippen MR) is 282 cm³/mol. The summed E-state index contributed by atoms with van der Waals surface area (Å²) < 4.78 is 0. The summed E-state index contributed by atoms with van der Waals surface area (Å²) in [4.78, 5) is 12.6. The summed E-state index contributed by atoms with van der Waals surface area (Å²) >= 11 is 0. The van der Waals surface area contributed by atoms with Crippen LogP contribution in [-0.4, -0.2) is 46.1 Å². The summed E-state index contributed by atoms with van der Waals surface area (Å²) in [6, 6.07) is -0.657. The van der Waals surface area contributed by atoms with Crippen LogP contribution < -0.4 is 5.32 Å². The first-order chi connectivity index (χ1) is 31.5. The maximum atomic E-state index is 12.6. The first kappa shape index (κ1) is 63.1. The fourth-order valence-electron chi connectivity index (χ4n) is 9.58. The number of rotatable bonds is 55. The van der Waals surface area contributed by atoms with Gasteiger partial charge in [0.1, 0.15) is 0 Å². The Bertz CT molecular complexity index is 909. The molecular weight excluding hydrogens is 787 g/mol. The number of aliphatic hydroxyl groups is 3. The average Bonchev–Trinajstić information content (AvgIpc) is 3.29. The topological polar surface area (TPSA) is 89.8 Å². The molecule has 1 amide bonds. The lowest BCUT2D eigenvalue weighted by Crippen LogP contribution is -2.46. The van der Waals surface area contributed by atoms with Crippen LogP contribution in [0.25, 0.3) is 0 Å². The highest BCUT2D eigenvalue weighted by atomic mass is 16.3. The van der Waals surface area contributed by atoms with E-state index < -0.39 is 18.2 Å². The number of hydrogen-bond donors (Lipinski definition) is 4. The molecule has 3 atom stereocenters. The molecule has 0 aromatic heterocycles. The lowest BCUT2D eigenvalue weighted by atomic mass is 10.0. The fourth-order valence-corrected chi connectivity index (χ4v) is 9.58. The van der Waals surface area contributed by atoms with Crippen LogP contribution >= 0.6 is 0 Å². The van der Waals surface area contributed by atoms with Crippen LogP contribution in [0.1, 0.15) is 335 Å². The quantitative estimate of drug-likeness (QED) is 0.0362. The Hall–Kier alpha value is -0.910. The Morgan fingerprint density at radius 2 is 0.625 bits per heavy atom. The number of aliphatic hydroxyl groups excluding tert-OH is 3. The van der Waals surface area contributed by atoms with Crippen LogP contribution in [0.4, 0.5) is 0 Å². The maximum absolute atomic E-state index is 12.6. The summed E-state index contributed by atoms with van der Waals surface area (Å²) in [5.74, 6) is -0.277. The Kier molecular flexibility index (Phi) is 53.9. The van der Waals surface area contributed by atoms with Crippen LogP contribution in [0, 0.1) is 0 Å². The van der Waals surface area contributed by atoms with Gasteiger partial charge in [-0.2, -0.15) is 0 Å². The highest BCUT2D eigenvalue weighted by molar-refractivity contribution is 5.76. The van der Waals surface area contributed by atoms with E-state index in [9.17, 15) is 20.1 Å². The molecule has 4 N–H and O–H groups in total. The van der Waals surface area contributed by atoms with Gasteiger partial charge in [0.05, 0.1) is 31.3 Å². The SMILES string of the molecule is CCCCCCCCCCCCCC/C=C\CCCCCCCCCCCCCC(O)CC(=O)NC(CO)C(O)CCCCCCCCCCCCCCCCCCCCCCCC. The van der Waals surface area contributed by atoms with Gasteiger partial charge in [-0.25, -0.2) is 0 Å². The molecule has 0 saturated heterocycles. The van der Waals surface area contributed by atoms with Gasteiger partial charge >= 0.3 is 0 Å². The van der Waals surface area contributed by atoms with Crippen molar-refractivity contribution in [2.45, 2.75) is 353 Å². The second kappa shape index (κ2) is 54.7.